The summed E-state index contributed by atoms with van der Waals surface area (Å²) in [5, 5.41) is 3.38. The van der Waals surface area contributed by atoms with Crippen LogP contribution in [0.2, 0.25) is 5.02 Å². The van der Waals surface area contributed by atoms with E-state index in [1.165, 1.54) is 11.2 Å². The van der Waals surface area contributed by atoms with E-state index in [0.717, 1.165) is 5.69 Å². The van der Waals surface area contributed by atoms with E-state index in [1.54, 1.807) is 48.3 Å². The summed E-state index contributed by atoms with van der Waals surface area (Å²) in [6, 6.07) is 17.6. The van der Waals surface area contributed by atoms with Crippen LogP contribution in [-0.4, -0.2) is 62.4 Å². The van der Waals surface area contributed by atoms with Gasteiger partial charge in [0, 0.05) is 43.9 Å². The molecule has 2 aromatic carbocycles. The second-order valence-electron chi connectivity index (χ2n) is 7.89. The van der Waals surface area contributed by atoms with Crippen molar-refractivity contribution in [2.45, 2.75) is 0 Å². The third-order valence-electron chi connectivity index (χ3n) is 5.77. The van der Waals surface area contributed by atoms with Crippen LogP contribution in [0.4, 0.5) is 11.4 Å². The van der Waals surface area contributed by atoms with Gasteiger partial charge in [0.25, 0.3) is 11.8 Å². The number of para-hydroxylation sites is 1. The molecule has 0 radical (unpaired) electrons. The minimum atomic E-state index is -0.428. The van der Waals surface area contributed by atoms with Crippen molar-refractivity contribution in [3.63, 3.8) is 0 Å². The highest BCUT2D eigenvalue weighted by molar-refractivity contribution is 6.30. The van der Waals surface area contributed by atoms with Crippen molar-refractivity contribution in [1.82, 2.24) is 10.2 Å². The maximum atomic E-state index is 12.9. The Balaban J connectivity index is 1.33. The predicted molar refractivity (Wildman–Crippen MR) is 130 cm³/mol. The Morgan fingerprint density at radius 2 is 1.68 bits per heavy atom. The predicted octanol–water partition coefficient (Wildman–Crippen LogP) is 3.29. The first-order valence-electron chi connectivity index (χ1n) is 10.9. The van der Waals surface area contributed by atoms with E-state index in [-0.39, 0.29) is 24.1 Å². The van der Waals surface area contributed by atoms with Gasteiger partial charge in [-0.25, -0.2) is 0 Å². The van der Waals surface area contributed by atoms with E-state index in [4.69, 9.17) is 16.0 Å². The molecule has 3 amide bonds. The number of carbonyl (C=O) groups is 3. The number of furan rings is 1. The highest BCUT2D eigenvalue weighted by Crippen LogP contribution is 2.22. The maximum Gasteiger partial charge on any atom is 0.293 e. The molecule has 9 heteroatoms. The molecule has 1 fully saturated rings. The minimum Gasteiger partial charge on any atom is -0.459 e. The summed E-state index contributed by atoms with van der Waals surface area (Å²) in [4.78, 5) is 43.5. The Morgan fingerprint density at radius 3 is 2.35 bits per heavy atom. The zero-order valence-electron chi connectivity index (χ0n) is 18.7. The van der Waals surface area contributed by atoms with Crippen LogP contribution in [0.3, 0.4) is 0 Å². The fraction of sp³-hybridized carbons (Fsp3) is 0.240. The summed E-state index contributed by atoms with van der Waals surface area (Å²) < 4.78 is 5.17. The number of nitrogens with one attached hydrogen (secondary N) is 1. The Labute approximate surface area is 202 Å². The van der Waals surface area contributed by atoms with E-state index < -0.39 is 5.91 Å². The van der Waals surface area contributed by atoms with Crippen LogP contribution in [0.1, 0.15) is 20.9 Å². The number of hydrogen-bond acceptors (Lipinski definition) is 5. The molecule has 0 spiro atoms. The number of halogens is 1. The van der Waals surface area contributed by atoms with Gasteiger partial charge in [0.05, 0.1) is 24.1 Å². The number of rotatable bonds is 6. The summed E-state index contributed by atoms with van der Waals surface area (Å²) in [5.41, 5.74) is 1.78. The smallest absolute Gasteiger partial charge is 0.293 e. The first-order chi connectivity index (χ1) is 16.4. The van der Waals surface area contributed by atoms with Crippen molar-refractivity contribution in [2.75, 3.05) is 49.6 Å². The zero-order chi connectivity index (χ0) is 24.1. The maximum absolute atomic E-state index is 12.9. The average molecular weight is 481 g/mol. The molecule has 34 heavy (non-hydrogen) atoms. The third-order valence-corrected chi connectivity index (χ3v) is 6.02. The molecular weight excluding hydrogens is 456 g/mol. The number of piperazine rings is 1. The molecule has 1 N–H and O–H groups in total. The summed E-state index contributed by atoms with van der Waals surface area (Å²) >= 11 is 5.96. The van der Waals surface area contributed by atoms with Crippen molar-refractivity contribution in [3.8, 4) is 0 Å². The van der Waals surface area contributed by atoms with Crippen LogP contribution < -0.4 is 15.1 Å². The normalized spacial score (nSPS) is 13.5. The molecule has 1 saturated heterocycles. The van der Waals surface area contributed by atoms with E-state index in [9.17, 15) is 14.4 Å². The first kappa shape index (κ1) is 23.4. The van der Waals surface area contributed by atoms with Crippen molar-refractivity contribution < 1.29 is 18.8 Å². The number of amides is 3. The number of hydrogen-bond donors (Lipinski definition) is 1. The summed E-state index contributed by atoms with van der Waals surface area (Å²) in [6.07, 6.45) is 1.42. The Kier molecular flexibility index (Phi) is 7.18. The lowest BCUT2D eigenvalue weighted by Crippen LogP contribution is -2.51. The molecular formula is C25H25ClN4O4. The molecule has 2 heterocycles. The van der Waals surface area contributed by atoms with Crippen molar-refractivity contribution in [2.24, 2.45) is 0 Å². The van der Waals surface area contributed by atoms with Gasteiger partial charge in [0.15, 0.2) is 5.76 Å². The summed E-state index contributed by atoms with van der Waals surface area (Å²) in [5.74, 6) is -0.782. The van der Waals surface area contributed by atoms with E-state index in [0.29, 0.717) is 42.5 Å². The number of benzene rings is 2. The van der Waals surface area contributed by atoms with E-state index >= 15 is 0 Å². The van der Waals surface area contributed by atoms with Crippen molar-refractivity contribution in [3.05, 3.63) is 83.3 Å². The Bertz CT molecular complexity index is 1160. The minimum absolute atomic E-state index is 0.121. The van der Waals surface area contributed by atoms with Gasteiger partial charge in [0.2, 0.25) is 5.91 Å². The largest absolute Gasteiger partial charge is 0.459 e. The molecule has 1 aliphatic rings. The first-order valence-corrected chi connectivity index (χ1v) is 11.3. The average Bonchev–Trinajstić information content (AvgIpc) is 3.42. The van der Waals surface area contributed by atoms with Gasteiger partial charge in [0.1, 0.15) is 0 Å². The van der Waals surface area contributed by atoms with Gasteiger partial charge in [-0.15, -0.1) is 0 Å². The lowest BCUT2D eigenvalue weighted by Gasteiger charge is -2.36. The monoisotopic (exact) mass is 480 g/mol. The topological polar surface area (TPSA) is 86.1 Å². The van der Waals surface area contributed by atoms with Crippen LogP contribution >= 0.6 is 11.6 Å². The Morgan fingerprint density at radius 1 is 0.971 bits per heavy atom. The summed E-state index contributed by atoms with van der Waals surface area (Å²) in [7, 11) is 1.57. The molecule has 1 aliphatic heterocycles. The molecule has 0 unspecified atom stereocenters. The number of carbonyl (C=O) groups excluding carboxylic acids is 3. The lowest BCUT2D eigenvalue weighted by molar-refractivity contribution is -0.130. The molecule has 0 bridgehead atoms. The van der Waals surface area contributed by atoms with Crippen LogP contribution in [0.5, 0.6) is 0 Å². The highest BCUT2D eigenvalue weighted by Gasteiger charge is 2.24. The standard InChI is InChI=1S/C25H25ClN4O4/c1-28(25(33)22-7-4-16-34-22)21-6-3-2-5-20(21)24(32)27-17-23(31)30-14-12-29(13-15-30)19-10-8-18(26)9-11-19/h2-11,16H,12-15,17H2,1H3,(H,27,32). The van der Waals surface area contributed by atoms with Crippen molar-refractivity contribution in [1.29, 1.82) is 0 Å². The molecule has 0 saturated carbocycles. The van der Waals surface area contributed by atoms with Gasteiger partial charge in [-0.3, -0.25) is 14.4 Å². The van der Waals surface area contributed by atoms with Gasteiger partial charge in [-0.1, -0.05) is 23.7 Å². The van der Waals surface area contributed by atoms with E-state index in [1.807, 2.05) is 24.3 Å². The fourth-order valence-electron chi connectivity index (χ4n) is 3.86. The highest BCUT2D eigenvalue weighted by atomic mass is 35.5. The zero-order valence-corrected chi connectivity index (χ0v) is 19.5. The quantitative estimate of drug-likeness (QED) is 0.585. The van der Waals surface area contributed by atoms with Gasteiger partial charge in [-0.2, -0.15) is 0 Å². The third kappa shape index (κ3) is 5.23. The van der Waals surface area contributed by atoms with Crippen LogP contribution in [-0.2, 0) is 4.79 Å². The van der Waals surface area contributed by atoms with Crippen molar-refractivity contribution >= 4 is 40.7 Å². The van der Waals surface area contributed by atoms with Gasteiger partial charge in [-0.05, 0) is 48.5 Å². The second kappa shape index (κ2) is 10.4. The van der Waals surface area contributed by atoms with Crippen LogP contribution in [0.15, 0.2) is 71.3 Å². The second-order valence-corrected chi connectivity index (χ2v) is 8.32. The van der Waals surface area contributed by atoms with Gasteiger partial charge < -0.3 is 24.4 Å². The fourth-order valence-corrected chi connectivity index (χ4v) is 3.99. The van der Waals surface area contributed by atoms with E-state index in [2.05, 4.69) is 10.2 Å². The lowest BCUT2D eigenvalue weighted by atomic mass is 10.1. The van der Waals surface area contributed by atoms with Crippen LogP contribution in [0, 0.1) is 0 Å². The molecule has 176 valence electrons. The van der Waals surface area contributed by atoms with Gasteiger partial charge >= 0.3 is 0 Å². The molecule has 3 aromatic rings. The SMILES string of the molecule is CN(C(=O)c1ccco1)c1ccccc1C(=O)NCC(=O)N1CCN(c2ccc(Cl)cc2)CC1. The molecule has 4 rings (SSSR count). The molecule has 0 aliphatic carbocycles. The molecule has 1 aromatic heterocycles. The Hall–Kier alpha value is -3.78. The number of anilines is 2. The molecule has 0 atom stereocenters. The van der Waals surface area contributed by atoms with Crippen LogP contribution in [0.25, 0.3) is 0 Å². The summed E-state index contributed by atoms with van der Waals surface area (Å²) in [6.45, 7) is 2.40. The number of nitrogens with zero attached hydrogens (tertiary/aromatic N) is 3. The molecule has 8 nitrogen and oxygen atoms in total.